The number of carbonyl (C=O) groups excluding carboxylic acids is 3. The molecule has 3 aromatic carbocycles. The molecule has 0 radical (unpaired) electrons. The largest absolute Gasteiger partial charge is 0.416 e. The quantitative estimate of drug-likeness (QED) is 0.241. The standard InChI is InChI=1S/C29H18Cl2F3N3O4S2/c30-16-6-4-14(5-7-16)21-22-23(26(40)37(25(22)39)19-3-1-2-15(12-19)29(32,33)34)42-27-24(21)43-28(41)36(27)13-20(38)35-18-10-8-17(31)9-11-18/h1-12,21-23H,13H2,(H,35,38)/t21-,22?,23?/m0/s1. The number of benzene rings is 3. The van der Waals surface area contributed by atoms with Gasteiger partial charge in [-0.2, -0.15) is 13.2 Å². The van der Waals surface area contributed by atoms with Gasteiger partial charge in [-0.25, -0.2) is 4.90 Å². The third-order valence-corrected chi connectivity index (χ3v) is 10.2. The second-order valence-electron chi connectivity index (χ2n) is 9.83. The van der Waals surface area contributed by atoms with Gasteiger partial charge in [0.05, 0.1) is 22.2 Å². The molecular weight excluding hydrogens is 646 g/mol. The van der Waals surface area contributed by atoms with Crippen molar-refractivity contribution in [3.63, 3.8) is 0 Å². The van der Waals surface area contributed by atoms with Gasteiger partial charge in [-0.05, 0) is 60.2 Å². The van der Waals surface area contributed by atoms with E-state index in [2.05, 4.69) is 5.32 Å². The summed E-state index contributed by atoms with van der Waals surface area (Å²) in [4.78, 5) is 54.6. The van der Waals surface area contributed by atoms with Crippen LogP contribution in [-0.4, -0.2) is 27.5 Å². The van der Waals surface area contributed by atoms with Crippen LogP contribution in [0.2, 0.25) is 10.0 Å². The van der Waals surface area contributed by atoms with Crippen LogP contribution in [0, 0.1) is 5.92 Å². The van der Waals surface area contributed by atoms with E-state index in [0.29, 0.717) is 31.2 Å². The van der Waals surface area contributed by atoms with Gasteiger partial charge < -0.3 is 5.32 Å². The molecule has 14 heteroatoms. The van der Waals surface area contributed by atoms with Crippen molar-refractivity contribution >= 4 is 75.4 Å². The fourth-order valence-electron chi connectivity index (χ4n) is 5.24. The van der Waals surface area contributed by atoms with Crippen LogP contribution in [0.4, 0.5) is 24.5 Å². The molecule has 1 fully saturated rings. The number of rotatable bonds is 5. The Kier molecular flexibility index (Phi) is 7.66. The first kappa shape index (κ1) is 29.5. The van der Waals surface area contributed by atoms with Crippen molar-refractivity contribution in [2.45, 2.75) is 28.9 Å². The molecule has 3 atom stereocenters. The van der Waals surface area contributed by atoms with Gasteiger partial charge in [0.1, 0.15) is 11.8 Å². The first-order valence-corrected chi connectivity index (χ1v) is 15.1. The van der Waals surface area contributed by atoms with Crippen LogP contribution in [0.25, 0.3) is 0 Å². The van der Waals surface area contributed by atoms with Gasteiger partial charge >= 0.3 is 11.0 Å². The molecule has 0 spiro atoms. The molecule has 43 heavy (non-hydrogen) atoms. The average molecular weight is 665 g/mol. The molecule has 1 aromatic heterocycles. The summed E-state index contributed by atoms with van der Waals surface area (Å²) in [6, 6.07) is 17.0. The highest BCUT2D eigenvalue weighted by Crippen LogP contribution is 2.54. The lowest BCUT2D eigenvalue weighted by Gasteiger charge is -2.30. The van der Waals surface area contributed by atoms with E-state index < -0.39 is 51.4 Å². The summed E-state index contributed by atoms with van der Waals surface area (Å²) in [6.45, 7) is -0.371. The highest BCUT2D eigenvalue weighted by molar-refractivity contribution is 8.00. The number of nitrogens with one attached hydrogen (secondary N) is 1. The average Bonchev–Trinajstić information content (AvgIpc) is 3.40. The normalized spacial score (nSPS) is 19.7. The Bertz CT molecular complexity index is 1820. The number of nitrogens with zero attached hydrogens (tertiary/aromatic N) is 2. The molecule has 3 amide bonds. The third-order valence-electron chi connectivity index (χ3n) is 7.14. The van der Waals surface area contributed by atoms with E-state index in [4.69, 9.17) is 23.2 Å². The highest BCUT2D eigenvalue weighted by Gasteiger charge is 2.57. The Morgan fingerprint density at radius 2 is 1.56 bits per heavy atom. The summed E-state index contributed by atoms with van der Waals surface area (Å²) in [5.41, 5.74) is -0.140. The van der Waals surface area contributed by atoms with Crippen LogP contribution < -0.4 is 15.1 Å². The van der Waals surface area contributed by atoms with Crippen molar-refractivity contribution in [3.8, 4) is 0 Å². The lowest BCUT2D eigenvalue weighted by Crippen LogP contribution is -2.33. The van der Waals surface area contributed by atoms with E-state index in [0.717, 1.165) is 46.2 Å². The Morgan fingerprint density at radius 1 is 0.907 bits per heavy atom. The first-order valence-electron chi connectivity index (χ1n) is 12.7. The zero-order chi connectivity index (χ0) is 30.6. The van der Waals surface area contributed by atoms with E-state index in [1.165, 1.54) is 10.6 Å². The summed E-state index contributed by atoms with van der Waals surface area (Å²) in [5.74, 6) is -3.70. The predicted octanol–water partition coefficient (Wildman–Crippen LogP) is 6.67. The number of alkyl halides is 3. The summed E-state index contributed by atoms with van der Waals surface area (Å²) >= 11 is 13.8. The van der Waals surface area contributed by atoms with Crippen molar-refractivity contribution in [1.29, 1.82) is 0 Å². The van der Waals surface area contributed by atoms with Gasteiger partial charge in [-0.15, -0.1) is 0 Å². The Hall–Kier alpha value is -3.58. The van der Waals surface area contributed by atoms with Crippen LogP contribution in [0.1, 0.15) is 21.9 Å². The maximum atomic E-state index is 13.9. The van der Waals surface area contributed by atoms with Crippen molar-refractivity contribution in [2.75, 3.05) is 10.2 Å². The third kappa shape index (κ3) is 5.48. The lowest BCUT2D eigenvalue weighted by molar-refractivity contribution is -0.137. The minimum absolute atomic E-state index is 0.197. The first-order chi connectivity index (χ1) is 20.4. The zero-order valence-electron chi connectivity index (χ0n) is 21.6. The number of thioether (sulfide) groups is 1. The molecule has 0 saturated carbocycles. The highest BCUT2D eigenvalue weighted by atomic mass is 35.5. The molecule has 6 rings (SSSR count). The predicted molar refractivity (Wildman–Crippen MR) is 159 cm³/mol. The van der Waals surface area contributed by atoms with E-state index >= 15 is 0 Å². The molecule has 2 aliphatic heterocycles. The number of amides is 3. The number of imide groups is 1. The summed E-state index contributed by atoms with van der Waals surface area (Å²) in [7, 11) is 0. The zero-order valence-corrected chi connectivity index (χ0v) is 24.7. The number of thiazole rings is 1. The molecule has 0 bridgehead atoms. The summed E-state index contributed by atoms with van der Waals surface area (Å²) in [5, 5.41) is 2.89. The second-order valence-corrected chi connectivity index (χ2v) is 12.8. The van der Waals surface area contributed by atoms with E-state index in [9.17, 15) is 32.3 Å². The second kappa shape index (κ2) is 11.2. The lowest BCUT2D eigenvalue weighted by atomic mass is 9.83. The number of hydrogen-bond donors (Lipinski definition) is 1. The molecule has 220 valence electrons. The number of aromatic nitrogens is 1. The van der Waals surface area contributed by atoms with Gasteiger partial charge in [-0.1, -0.05) is 64.5 Å². The van der Waals surface area contributed by atoms with Crippen LogP contribution >= 0.6 is 46.3 Å². The molecule has 1 N–H and O–H groups in total. The maximum absolute atomic E-state index is 13.9. The number of anilines is 2. The van der Waals surface area contributed by atoms with Crippen molar-refractivity contribution in [2.24, 2.45) is 5.92 Å². The van der Waals surface area contributed by atoms with Gasteiger partial charge in [0.15, 0.2) is 0 Å². The Morgan fingerprint density at radius 3 is 2.21 bits per heavy atom. The van der Waals surface area contributed by atoms with Gasteiger partial charge in [0.2, 0.25) is 17.7 Å². The molecule has 2 unspecified atom stereocenters. The van der Waals surface area contributed by atoms with Crippen LogP contribution in [-0.2, 0) is 27.1 Å². The molecular formula is C29H18Cl2F3N3O4S2. The molecule has 7 nitrogen and oxygen atoms in total. The Balaban J connectivity index is 1.40. The maximum Gasteiger partial charge on any atom is 0.416 e. The monoisotopic (exact) mass is 663 g/mol. The van der Waals surface area contributed by atoms with E-state index in [1.54, 1.807) is 48.5 Å². The van der Waals surface area contributed by atoms with Gasteiger partial charge in [-0.3, -0.25) is 23.7 Å². The number of carbonyl (C=O) groups is 3. The van der Waals surface area contributed by atoms with Crippen molar-refractivity contribution < 1.29 is 27.6 Å². The fraction of sp³-hybridized carbons (Fsp3) is 0.172. The Labute approximate surface area is 260 Å². The van der Waals surface area contributed by atoms with Crippen molar-refractivity contribution in [1.82, 2.24) is 4.57 Å². The van der Waals surface area contributed by atoms with Crippen molar-refractivity contribution in [3.05, 3.63) is 109 Å². The topological polar surface area (TPSA) is 88.5 Å². The molecule has 0 aliphatic carbocycles. The molecule has 1 saturated heterocycles. The molecule has 3 heterocycles. The number of halogens is 5. The van der Waals surface area contributed by atoms with Gasteiger partial charge in [0, 0.05) is 26.5 Å². The molecule has 2 aliphatic rings. The minimum atomic E-state index is -4.68. The number of fused-ring (bicyclic) bond motifs is 2. The molecule has 4 aromatic rings. The van der Waals surface area contributed by atoms with Crippen LogP contribution in [0.5, 0.6) is 0 Å². The smallest absolute Gasteiger partial charge is 0.325 e. The summed E-state index contributed by atoms with van der Waals surface area (Å²) in [6.07, 6.45) is -4.68. The van der Waals surface area contributed by atoms with E-state index in [1.807, 2.05) is 0 Å². The summed E-state index contributed by atoms with van der Waals surface area (Å²) < 4.78 is 41.7. The van der Waals surface area contributed by atoms with E-state index in [-0.39, 0.29) is 12.2 Å². The minimum Gasteiger partial charge on any atom is -0.325 e. The van der Waals surface area contributed by atoms with Crippen LogP contribution in [0.15, 0.2) is 82.6 Å². The SMILES string of the molecule is O=C(Cn1c2c(sc1=O)[C@@H](c1ccc(Cl)cc1)C1C(=O)N(c3cccc(C(F)(F)F)c3)C(=O)C1S2)Nc1ccc(Cl)cc1. The van der Waals surface area contributed by atoms with Crippen LogP contribution in [0.3, 0.4) is 0 Å². The number of hydrogen-bond acceptors (Lipinski definition) is 6. The van der Waals surface area contributed by atoms with Gasteiger partial charge in [0.25, 0.3) is 0 Å². The fourth-order valence-corrected chi connectivity index (χ4v) is 8.26.